The zero-order chi connectivity index (χ0) is 15.4. The van der Waals surface area contributed by atoms with E-state index in [-0.39, 0.29) is 22.8 Å². The van der Waals surface area contributed by atoms with Gasteiger partial charge in [-0.2, -0.15) is 5.26 Å². The number of esters is 1. The van der Waals surface area contributed by atoms with Crippen molar-refractivity contribution in [2.45, 2.75) is 6.61 Å². The Morgan fingerprint density at radius 2 is 2.10 bits per heavy atom. The number of benzene rings is 2. The van der Waals surface area contributed by atoms with Crippen molar-refractivity contribution in [3.8, 4) is 6.07 Å². The third-order valence-electron chi connectivity index (χ3n) is 2.69. The number of nitrogens with two attached hydrogens (primary N) is 1. The number of hydrogen-bond acceptors (Lipinski definition) is 4. The van der Waals surface area contributed by atoms with Gasteiger partial charge in [-0.1, -0.05) is 11.6 Å². The Morgan fingerprint density at radius 1 is 1.33 bits per heavy atom. The molecule has 106 valence electrons. The fraction of sp³-hybridized carbons (Fsp3) is 0.0667. The number of anilines is 1. The average Bonchev–Trinajstić information content (AvgIpc) is 2.47. The maximum absolute atomic E-state index is 13.2. The molecule has 6 heteroatoms. The molecule has 0 fully saturated rings. The van der Waals surface area contributed by atoms with Gasteiger partial charge in [0.1, 0.15) is 12.4 Å². The number of nitrogens with zero attached hydrogens (tertiary/aromatic N) is 1. The fourth-order valence-electron chi connectivity index (χ4n) is 1.68. The van der Waals surface area contributed by atoms with Crippen LogP contribution in [-0.4, -0.2) is 5.97 Å². The van der Waals surface area contributed by atoms with Gasteiger partial charge in [-0.15, -0.1) is 0 Å². The summed E-state index contributed by atoms with van der Waals surface area (Å²) in [5.74, 6) is -1.17. The summed E-state index contributed by atoms with van der Waals surface area (Å²) < 4.78 is 18.3. The minimum absolute atomic E-state index is 0.146. The van der Waals surface area contributed by atoms with Gasteiger partial charge in [0.2, 0.25) is 0 Å². The van der Waals surface area contributed by atoms with E-state index in [1.807, 2.05) is 6.07 Å². The predicted octanol–water partition coefficient (Wildman–Crippen LogP) is 3.29. The molecule has 0 aliphatic heterocycles. The van der Waals surface area contributed by atoms with Crippen LogP contribution in [-0.2, 0) is 11.3 Å². The number of nitrogen functional groups attached to an aromatic ring is 1. The van der Waals surface area contributed by atoms with Gasteiger partial charge in [-0.05, 0) is 42.0 Å². The SMILES string of the molecule is N#Cc1cc(F)cc(COC(=O)c2ccc(N)c(Cl)c2)c1. The highest BCUT2D eigenvalue weighted by Crippen LogP contribution is 2.20. The van der Waals surface area contributed by atoms with Crippen molar-refractivity contribution in [3.05, 3.63) is 63.9 Å². The molecule has 2 aromatic carbocycles. The van der Waals surface area contributed by atoms with Crippen molar-refractivity contribution in [1.82, 2.24) is 0 Å². The van der Waals surface area contributed by atoms with Gasteiger partial charge in [0.25, 0.3) is 0 Å². The Hall–Kier alpha value is -2.58. The summed E-state index contributed by atoms with van der Waals surface area (Å²) in [6.07, 6.45) is 0. The van der Waals surface area contributed by atoms with Gasteiger partial charge in [0, 0.05) is 0 Å². The Balaban J connectivity index is 2.09. The van der Waals surface area contributed by atoms with Crippen molar-refractivity contribution >= 4 is 23.3 Å². The molecule has 0 atom stereocenters. The molecule has 0 saturated heterocycles. The molecule has 0 amide bonds. The Bertz CT molecular complexity index is 741. The van der Waals surface area contributed by atoms with E-state index in [0.29, 0.717) is 11.3 Å². The first kappa shape index (κ1) is 14.8. The molecule has 21 heavy (non-hydrogen) atoms. The molecule has 0 unspecified atom stereocenters. The smallest absolute Gasteiger partial charge is 0.338 e. The van der Waals surface area contributed by atoms with Crippen molar-refractivity contribution in [2.75, 3.05) is 5.73 Å². The van der Waals surface area contributed by atoms with Crippen LogP contribution in [0, 0.1) is 17.1 Å². The number of halogens is 2. The minimum Gasteiger partial charge on any atom is -0.457 e. The maximum Gasteiger partial charge on any atom is 0.338 e. The van der Waals surface area contributed by atoms with E-state index in [0.717, 1.165) is 6.07 Å². The molecule has 0 aliphatic carbocycles. The summed E-state index contributed by atoms with van der Waals surface area (Å²) in [5, 5.41) is 9.00. The summed E-state index contributed by atoms with van der Waals surface area (Å²) in [5.41, 5.74) is 6.70. The van der Waals surface area contributed by atoms with E-state index in [1.165, 1.54) is 30.3 Å². The molecule has 0 aliphatic rings. The van der Waals surface area contributed by atoms with E-state index in [4.69, 9.17) is 27.3 Å². The number of rotatable bonds is 3. The van der Waals surface area contributed by atoms with Crippen molar-refractivity contribution in [1.29, 1.82) is 5.26 Å². The highest BCUT2D eigenvalue weighted by molar-refractivity contribution is 6.33. The third kappa shape index (κ3) is 3.71. The molecule has 0 saturated carbocycles. The molecule has 0 heterocycles. The molecule has 2 aromatic rings. The maximum atomic E-state index is 13.2. The van der Waals surface area contributed by atoms with Crippen LogP contribution in [0.15, 0.2) is 36.4 Å². The first-order valence-corrected chi connectivity index (χ1v) is 6.29. The molecule has 0 bridgehead atoms. The third-order valence-corrected chi connectivity index (χ3v) is 3.02. The fourth-order valence-corrected chi connectivity index (χ4v) is 1.87. The van der Waals surface area contributed by atoms with Crippen LogP contribution in [0.4, 0.5) is 10.1 Å². The Morgan fingerprint density at radius 3 is 2.76 bits per heavy atom. The second-order valence-corrected chi connectivity index (χ2v) is 4.68. The van der Waals surface area contributed by atoms with Gasteiger partial charge in [-0.25, -0.2) is 9.18 Å². The second kappa shape index (κ2) is 6.25. The number of carbonyl (C=O) groups is 1. The summed E-state index contributed by atoms with van der Waals surface area (Å²) in [4.78, 5) is 11.8. The van der Waals surface area contributed by atoms with E-state index < -0.39 is 11.8 Å². The summed E-state index contributed by atoms with van der Waals surface area (Å²) >= 11 is 5.82. The van der Waals surface area contributed by atoms with Gasteiger partial charge in [0.15, 0.2) is 0 Å². The zero-order valence-electron chi connectivity index (χ0n) is 10.8. The summed E-state index contributed by atoms with van der Waals surface area (Å²) in [6.45, 7) is -0.146. The topological polar surface area (TPSA) is 76.1 Å². The van der Waals surface area contributed by atoms with Gasteiger partial charge >= 0.3 is 5.97 Å². The lowest BCUT2D eigenvalue weighted by Crippen LogP contribution is -2.06. The molecule has 2 N–H and O–H groups in total. The first-order chi connectivity index (χ1) is 9.99. The van der Waals surface area contributed by atoms with Gasteiger partial charge < -0.3 is 10.5 Å². The monoisotopic (exact) mass is 304 g/mol. The quantitative estimate of drug-likeness (QED) is 0.697. The molecular formula is C15H10ClFN2O2. The molecule has 0 spiro atoms. The van der Waals surface area contributed by atoms with Crippen LogP contribution < -0.4 is 5.73 Å². The molecule has 4 nitrogen and oxygen atoms in total. The van der Waals surface area contributed by atoms with Crippen LogP contribution in [0.5, 0.6) is 0 Å². The van der Waals surface area contributed by atoms with Crippen LogP contribution in [0.3, 0.4) is 0 Å². The normalized spacial score (nSPS) is 9.95. The standard InChI is InChI=1S/C15H10ClFN2O2/c16-13-6-11(1-2-14(13)19)15(20)21-8-10-3-9(7-18)4-12(17)5-10/h1-6H,8,19H2. The van der Waals surface area contributed by atoms with Gasteiger partial charge in [-0.3, -0.25) is 0 Å². The van der Waals surface area contributed by atoms with Crippen molar-refractivity contribution in [2.24, 2.45) is 0 Å². The minimum atomic E-state index is -0.611. The lowest BCUT2D eigenvalue weighted by Gasteiger charge is -2.07. The van der Waals surface area contributed by atoms with Crippen molar-refractivity contribution < 1.29 is 13.9 Å². The van der Waals surface area contributed by atoms with E-state index in [9.17, 15) is 9.18 Å². The van der Waals surface area contributed by atoms with Crippen LogP contribution >= 0.6 is 11.6 Å². The van der Waals surface area contributed by atoms with Crippen LogP contribution in [0.25, 0.3) is 0 Å². The van der Waals surface area contributed by atoms with Crippen LogP contribution in [0.2, 0.25) is 5.02 Å². The Kier molecular flexibility index (Phi) is 4.41. The largest absolute Gasteiger partial charge is 0.457 e. The first-order valence-electron chi connectivity index (χ1n) is 5.91. The summed E-state index contributed by atoms with van der Waals surface area (Å²) in [6, 6.07) is 9.95. The molecule has 0 radical (unpaired) electrons. The number of hydrogen-bond donors (Lipinski definition) is 1. The number of ether oxygens (including phenoxy) is 1. The van der Waals surface area contributed by atoms with Crippen LogP contribution in [0.1, 0.15) is 21.5 Å². The summed E-state index contributed by atoms with van der Waals surface area (Å²) in [7, 11) is 0. The zero-order valence-corrected chi connectivity index (χ0v) is 11.5. The van der Waals surface area contributed by atoms with E-state index in [1.54, 1.807) is 0 Å². The molecular weight excluding hydrogens is 295 g/mol. The van der Waals surface area contributed by atoms with E-state index >= 15 is 0 Å². The lowest BCUT2D eigenvalue weighted by molar-refractivity contribution is 0.0472. The predicted molar refractivity (Wildman–Crippen MR) is 76.1 cm³/mol. The highest BCUT2D eigenvalue weighted by Gasteiger charge is 2.10. The lowest BCUT2D eigenvalue weighted by atomic mass is 10.1. The van der Waals surface area contributed by atoms with Crippen molar-refractivity contribution in [3.63, 3.8) is 0 Å². The highest BCUT2D eigenvalue weighted by atomic mass is 35.5. The van der Waals surface area contributed by atoms with E-state index in [2.05, 4.69) is 0 Å². The second-order valence-electron chi connectivity index (χ2n) is 4.27. The number of nitriles is 1. The number of carbonyl (C=O) groups excluding carboxylic acids is 1. The Labute approximate surface area is 125 Å². The molecule has 2 rings (SSSR count). The molecule has 0 aromatic heterocycles. The average molecular weight is 305 g/mol. The van der Waals surface area contributed by atoms with Gasteiger partial charge in [0.05, 0.1) is 27.9 Å².